The maximum absolute atomic E-state index is 13.3. The summed E-state index contributed by atoms with van der Waals surface area (Å²) in [5.74, 6) is -3.12. The number of alkyl halides is 3. The van der Waals surface area contributed by atoms with E-state index in [-0.39, 0.29) is 5.75 Å². The van der Waals surface area contributed by atoms with Crippen LogP contribution in [0.25, 0.3) is 0 Å². The van der Waals surface area contributed by atoms with E-state index in [1.807, 2.05) is 0 Å². The molecule has 6 nitrogen and oxygen atoms in total. The van der Waals surface area contributed by atoms with E-state index in [2.05, 4.69) is 0 Å². The van der Waals surface area contributed by atoms with Crippen LogP contribution in [0.15, 0.2) is 47.4 Å². The summed E-state index contributed by atoms with van der Waals surface area (Å²) in [5, 5.41) is 9.07. The number of hydrogen-bond donors (Lipinski definition) is 2. The van der Waals surface area contributed by atoms with Crippen molar-refractivity contribution in [2.45, 2.75) is 11.1 Å². The van der Waals surface area contributed by atoms with Crippen molar-refractivity contribution in [1.82, 2.24) is 0 Å². The maximum atomic E-state index is 13.3. The molecule has 0 radical (unpaired) electrons. The molecule has 128 valence electrons. The molecule has 0 aliphatic heterocycles. The Balaban J connectivity index is 2.83. The van der Waals surface area contributed by atoms with Crippen molar-refractivity contribution in [2.24, 2.45) is 0 Å². The first-order chi connectivity index (χ1) is 11.0. The van der Waals surface area contributed by atoms with Crippen LogP contribution in [0.1, 0.15) is 15.9 Å². The number of ether oxygens (including phenoxy) is 1. The zero-order valence-electron chi connectivity index (χ0n) is 11.6. The van der Waals surface area contributed by atoms with Gasteiger partial charge >= 0.3 is 12.1 Å². The molecule has 0 heterocycles. The molecule has 24 heavy (non-hydrogen) atoms. The predicted molar refractivity (Wildman–Crippen MR) is 74.7 cm³/mol. The molecule has 10 heteroatoms. The largest absolute Gasteiger partial charge is 0.478 e. The lowest BCUT2D eigenvalue weighted by molar-refractivity contribution is -0.141. The molecule has 0 amide bonds. The van der Waals surface area contributed by atoms with Crippen LogP contribution in [0.4, 0.5) is 13.2 Å². The fourth-order valence-corrected chi connectivity index (χ4v) is 2.64. The van der Waals surface area contributed by atoms with Crippen molar-refractivity contribution in [3.63, 3.8) is 0 Å². The number of carboxylic acid groups (broad SMARTS) is 1. The third-order valence-corrected chi connectivity index (χ3v) is 3.77. The van der Waals surface area contributed by atoms with E-state index in [9.17, 15) is 26.4 Å². The van der Waals surface area contributed by atoms with Crippen molar-refractivity contribution in [1.29, 1.82) is 0 Å². The van der Waals surface area contributed by atoms with E-state index in [0.29, 0.717) is 12.1 Å². The second-order valence-corrected chi connectivity index (χ2v) is 5.90. The quantitative estimate of drug-likeness (QED) is 0.808. The monoisotopic (exact) mass is 362 g/mol. The van der Waals surface area contributed by atoms with Gasteiger partial charge in [-0.15, -0.1) is 0 Å². The molecule has 0 fully saturated rings. The zero-order chi connectivity index (χ0) is 18.1. The minimum atomic E-state index is -5.29. The van der Waals surface area contributed by atoms with E-state index < -0.39 is 44.0 Å². The molecule has 0 aliphatic carbocycles. The highest BCUT2D eigenvalue weighted by Gasteiger charge is 2.42. The van der Waals surface area contributed by atoms with Gasteiger partial charge < -0.3 is 9.84 Å². The minimum absolute atomic E-state index is 0.141. The van der Waals surface area contributed by atoms with E-state index in [4.69, 9.17) is 14.4 Å². The summed E-state index contributed by atoms with van der Waals surface area (Å²) in [5.41, 5.74) is -2.80. The number of halogens is 3. The third kappa shape index (κ3) is 3.66. The molecular weight excluding hydrogens is 353 g/mol. The standard InChI is InChI=1S/C14H9F3O6S/c15-14(16,17)11-10(24(20,21)22)7-6-9(13(18)19)12(11)23-8-4-2-1-3-5-8/h1-7H,(H,18,19)(H,20,21,22). The van der Waals surface area contributed by atoms with Gasteiger partial charge in [0.25, 0.3) is 10.1 Å². The van der Waals surface area contributed by atoms with Crippen molar-refractivity contribution in [2.75, 3.05) is 0 Å². The lowest BCUT2D eigenvalue weighted by Crippen LogP contribution is -2.17. The normalized spacial score (nSPS) is 12.0. The van der Waals surface area contributed by atoms with Gasteiger partial charge in [-0.2, -0.15) is 21.6 Å². The molecule has 0 saturated heterocycles. The smallest absolute Gasteiger partial charge is 0.421 e. The van der Waals surface area contributed by atoms with Crippen LogP contribution >= 0.6 is 0 Å². The highest BCUT2D eigenvalue weighted by Crippen LogP contribution is 2.44. The summed E-state index contributed by atoms with van der Waals surface area (Å²) in [7, 11) is -5.27. The lowest BCUT2D eigenvalue weighted by Gasteiger charge is -2.18. The van der Waals surface area contributed by atoms with E-state index >= 15 is 0 Å². The average Bonchev–Trinajstić information content (AvgIpc) is 2.45. The Morgan fingerprint density at radius 3 is 2.08 bits per heavy atom. The molecule has 2 rings (SSSR count). The Bertz CT molecular complexity index is 875. The van der Waals surface area contributed by atoms with Gasteiger partial charge in [0.05, 0.1) is 0 Å². The SMILES string of the molecule is O=C(O)c1ccc(S(=O)(=O)O)c(C(F)(F)F)c1Oc1ccccc1. The Morgan fingerprint density at radius 2 is 1.62 bits per heavy atom. The van der Waals surface area contributed by atoms with Gasteiger partial charge in [-0.25, -0.2) is 4.79 Å². The fourth-order valence-electron chi connectivity index (χ4n) is 1.93. The number of rotatable bonds is 4. The van der Waals surface area contributed by atoms with Crippen molar-refractivity contribution in [3.8, 4) is 11.5 Å². The van der Waals surface area contributed by atoms with Gasteiger partial charge in [-0.3, -0.25) is 4.55 Å². The average molecular weight is 362 g/mol. The maximum Gasteiger partial charge on any atom is 0.421 e. The Hall–Kier alpha value is -2.59. The summed E-state index contributed by atoms with van der Waals surface area (Å²) >= 11 is 0. The van der Waals surface area contributed by atoms with E-state index in [0.717, 1.165) is 0 Å². The Kier molecular flexibility index (Phi) is 4.54. The molecule has 0 saturated carbocycles. The van der Waals surface area contributed by atoms with Crippen molar-refractivity contribution < 1.29 is 40.8 Å². The Morgan fingerprint density at radius 1 is 1.04 bits per heavy atom. The molecule has 0 unspecified atom stereocenters. The van der Waals surface area contributed by atoms with Gasteiger partial charge in [-0.1, -0.05) is 18.2 Å². The number of benzene rings is 2. The molecular formula is C14H9F3O6S. The van der Waals surface area contributed by atoms with Crippen LogP contribution in [0.2, 0.25) is 0 Å². The number of carboxylic acids is 1. The highest BCUT2D eigenvalue weighted by atomic mass is 32.2. The molecule has 0 aliphatic rings. The number of para-hydroxylation sites is 1. The van der Waals surface area contributed by atoms with Crippen LogP contribution < -0.4 is 4.74 Å². The van der Waals surface area contributed by atoms with Gasteiger partial charge in [-0.05, 0) is 24.3 Å². The molecule has 2 aromatic rings. The zero-order valence-corrected chi connectivity index (χ0v) is 12.4. The summed E-state index contributed by atoms with van der Waals surface area (Å²) in [6.45, 7) is 0. The number of carbonyl (C=O) groups is 1. The predicted octanol–water partition coefficient (Wildman–Crippen LogP) is 3.44. The Labute approximate surface area is 133 Å². The second-order valence-electron chi connectivity index (χ2n) is 4.51. The molecule has 0 spiro atoms. The number of hydrogen-bond acceptors (Lipinski definition) is 4. The summed E-state index contributed by atoms with van der Waals surface area (Å²) in [6.07, 6.45) is -5.29. The molecule has 2 N–H and O–H groups in total. The first kappa shape index (κ1) is 17.8. The molecule has 0 aromatic heterocycles. The number of aromatic carboxylic acids is 1. The fraction of sp³-hybridized carbons (Fsp3) is 0.0714. The van der Waals surface area contributed by atoms with Crippen LogP contribution in [-0.4, -0.2) is 24.0 Å². The van der Waals surface area contributed by atoms with Gasteiger partial charge in [0, 0.05) is 0 Å². The molecule has 0 bridgehead atoms. The molecule has 0 atom stereocenters. The summed E-state index contributed by atoms with van der Waals surface area (Å²) < 4.78 is 76.5. The second kappa shape index (κ2) is 6.13. The third-order valence-electron chi connectivity index (χ3n) is 2.87. The topological polar surface area (TPSA) is 101 Å². The highest BCUT2D eigenvalue weighted by molar-refractivity contribution is 7.85. The van der Waals surface area contributed by atoms with E-state index in [1.165, 1.54) is 24.3 Å². The van der Waals surface area contributed by atoms with Crippen molar-refractivity contribution >= 4 is 16.1 Å². The lowest BCUT2D eigenvalue weighted by atomic mass is 10.1. The van der Waals surface area contributed by atoms with Crippen molar-refractivity contribution in [3.05, 3.63) is 53.6 Å². The minimum Gasteiger partial charge on any atom is -0.478 e. The van der Waals surface area contributed by atoms with E-state index in [1.54, 1.807) is 6.07 Å². The van der Waals surface area contributed by atoms with Crippen LogP contribution in [0.5, 0.6) is 11.5 Å². The summed E-state index contributed by atoms with van der Waals surface area (Å²) in [6, 6.07) is 7.88. The first-order valence-electron chi connectivity index (χ1n) is 6.19. The molecule has 2 aromatic carbocycles. The summed E-state index contributed by atoms with van der Waals surface area (Å²) in [4.78, 5) is 9.70. The van der Waals surface area contributed by atoms with Gasteiger partial charge in [0.1, 0.15) is 21.8 Å². The van der Waals surface area contributed by atoms with Crippen LogP contribution in [0, 0.1) is 0 Å². The first-order valence-corrected chi connectivity index (χ1v) is 7.63. The van der Waals surface area contributed by atoms with Gasteiger partial charge in [0.15, 0.2) is 5.75 Å². The van der Waals surface area contributed by atoms with Crippen LogP contribution in [-0.2, 0) is 16.3 Å². The van der Waals surface area contributed by atoms with Crippen LogP contribution in [0.3, 0.4) is 0 Å². The van der Waals surface area contributed by atoms with Gasteiger partial charge in [0.2, 0.25) is 0 Å².